The van der Waals surface area contributed by atoms with Gasteiger partial charge in [0.05, 0.1) is 5.92 Å². The van der Waals surface area contributed by atoms with Crippen molar-refractivity contribution < 1.29 is 9.90 Å². The molecule has 1 rings (SSSR count). The average Bonchev–Trinajstić information content (AvgIpc) is 2.30. The zero-order valence-corrected chi connectivity index (χ0v) is 7.53. The van der Waals surface area contributed by atoms with Crippen LogP contribution in [0.3, 0.4) is 0 Å². The van der Waals surface area contributed by atoms with Crippen LogP contribution in [0.5, 0.6) is 0 Å². The van der Waals surface area contributed by atoms with Gasteiger partial charge in [0.25, 0.3) is 0 Å². The highest BCUT2D eigenvalue weighted by Crippen LogP contribution is 2.16. The lowest BCUT2D eigenvalue weighted by Gasteiger charge is -2.17. The van der Waals surface area contributed by atoms with Crippen molar-refractivity contribution in [3.63, 3.8) is 0 Å². The molecule has 1 aliphatic rings. The second kappa shape index (κ2) is 3.15. The highest BCUT2D eigenvalue weighted by molar-refractivity contribution is 5.73. The van der Waals surface area contributed by atoms with Gasteiger partial charge in [-0.3, -0.25) is 4.79 Å². The van der Waals surface area contributed by atoms with E-state index in [4.69, 9.17) is 5.11 Å². The first-order chi connectivity index (χ1) is 5.52. The molecule has 0 fully saturated rings. The van der Waals surface area contributed by atoms with Crippen LogP contribution in [0.1, 0.15) is 13.8 Å². The van der Waals surface area contributed by atoms with E-state index in [-0.39, 0.29) is 6.04 Å². The third-order valence-electron chi connectivity index (χ3n) is 2.17. The number of hydrogen-bond donors (Lipinski definition) is 2. The molecule has 0 aromatic rings. The second-order valence-electron chi connectivity index (χ2n) is 3.15. The summed E-state index contributed by atoms with van der Waals surface area (Å²) in [5.41, 5.74) is 3.77. The quantitative estimate of drug-likeness (QED) is 0.631. The maximum atomic E-state index is 10.6. The van der Waals surface area contributed by atoms with Gasteiger partial charge >= 0.3 is 5.97 Å². The van der Waals surface area contributed by atoms with E-state index in [1.165, 1.54) is 0 Å². The average molecular weight is 170 g/mol. The Morgan fingerprint density at radius 3 is 2.75 bits per heavy atom. The molecule has 12 heavy (non-hydrogen) atoms. The van der Waals surface area contributed by atoms with Crippen LogP contribution in [0.25, 0.3) is 0 Å². The van der Waals surface area contributed by atoms with E-state index in [1.807, 2.05) is 25.1 Å². The zero-order valence-electron chi connectivity index (χ0n) is 7.53. The van der Waals surface area contributed by atoms with E-state index in [2.05, 4.69) is 5.43 Å². The van der Waals surface area contributed by atoms with Crippen LogP contribution in [-0.4, -0.2) is 29.2 Å². The maximum Gasteiger partial charge on any atom is 0.312 e. The van der Waals surface area contributed by atoms with Gasteiger partial charge in [0.15, 0.2) is 0 Å². The van der Waals surface area contributed by atoms with Crippen LogP contribution in [0.4, 0.5) is 0 Å². The summed E-state index contributed by atoms with van der Waals surface area (Å²) in [7, 11) is 1.89. The fourth-order valence-corrected chi connectivity index (χ4v) is 1.09. The molecule has 0 radical (unpaired) electrons. The molecule has 0 bridgehead atoms. The maximum absolute atomic E-state index is 10.6. The molecule has 2 unspecified atom stereocenters. The molecule has 0 aromatic carbocycles. The molecule has 0 spiro atoms. The van der Waals surface area contributed by atoms with Crippen LogP contribution in [0, 0.1) is 5.92 Å². The van der Waals surface area contributed by atoms with Crippen molar-refractivity contribution in [2.45, 2.75) is 19.9 Å². The van der Waals surface area contributed by atoms with E-state index in [0.717, 1.165) is 5.70 Å². The van der Waals surface area contributed by atoms with E-state index < -0.39 is 11.9 Å². The summed E-state index contributed by atoms with van der Waals surface area (Å²) in [6.07, 6.45) is 1.93. The third-order valence-corrected chi connectivity index (χ3v) is 2.17. The number of hydrazine groups is 1. The molecule has 4 heteroatoms. The number of likely N-dealkylation sites (N-methyl/N-ethyl adjacent to an activating group) is 1. The standard InChI is InChI=1S/C8H14N2O2/c1-5-4-7(9-10(5)3)6(2)8(11)12/h4-6,9H,1-3H3,(H,11,12). The Bertz CT molecular complexity index is 225. The van der Waals surface area contributed by atoms with Gasteiger partial charge in [-0.1, -0.05) is 0 Å². The summed E-state index contributed by atoms with van der Waals surface area (Å²) in [5, 5.41) is 10.6. The molecule has 4 nitrogen and oxygen atoms in total. The van der Waals surface area contributed by atoms with Gasteiger partial charge in [-0.15, -0.1) is 0 Å². The van der Waals surface area contributed by atoms with Gasteiger partial charge in [-0.2, -0.15) is 0 Å². The summed E-state index contributed by atoms with van der Waals surface area (Å²) >= 11 is 0. The SMILES string of the molecule is CC(C(=O)O)C1=CC(C)N(C)N1. The van der Waals surface area contributed by atoms with Crippen LogP contribution in [0.2, 0.25) is 0 Å². The van der Waals surface area contributed by atoms with Crippen LogP contribution in [0.15, 0.2) is 11.8 Å². The van der Waals surface area contributed by atoms with Crippen LogP contribution >= 0.6 is 0 Å². The predicted molar refractivity (Wildman–Crippen MR) is 45.2 cm³/mol. The summed E-state index contributed by atoms with van der Waals surface area (Å²) < 4.78 is 0. The van der Waals surface area contributed by atoms with Crippen molar-refractivity contribution in [3.8, 4) is 0 Å². The van der Waals surface area contributed by atoms with Gasteiger partial charge < -0.3 is 10.5 Å². The number of carboxylic acids is 1. The molecule has 0 aromatic heterocycles. The number of rotatable bonds is 2. The Balaban J connectivity index is 2.67. The summed E-state index contributed by atoms with van der Waals surface area (Å²) in [6, 6.07) is 0.266. The highest BCUT2D eigenvalue weighted by Gasteiger charge is 2.24. The summed E-state index contributed by atoms with van der Waals surface area (Å²) in [6.45, 7) is 3.68. The monoisotopic (exact) mass is 170 g/mol. The molecule has 1 aliphatic heterocycles. The van der Waals surface area contributed by atoms with E-state index in [9.17, 15) is 4.79 Å². The molecule has 0 amide bonds. The minimum Gasteiger partial charge on any atom is -0.481 e. The zero-order chi connectivity index (χ0) is 9.30. The molecule has 68 valence electrons. The lowest BCUT2D eigenvalue weighted by Crippen LogP contribution is -2.34. The predicted octanol–water partition coefficient (Wildman–Crippen LogP) is 0.430. The number of nitrogens with one attached hydrogen (secondary N) is 1. The topological polar surface area (TPSA) is 52.6 Å². The molecule has 0 aliphatic carbocycles. The third kappa shape index (κ3) is 1.58. The first-order valence-corrected chi connectivity index (χ1v) is 3.96. The van der Waals surface area contributed by atoms with Gasteiger partial charge in [0.1, 0.15) is 0 Å². The lowest BCUT2D eigenvalue weighted by atomic mass is 10.1. The smallest absolute Gasteiger partial charge is 0.312 e. The largest absolute Gasteiger partial charge is 0.481 e. The number of carboxylic acid groups (broad SMARTS) is 1. The lowest BCUT2D eigenvalue weighted by molar-refractivity contribution is -0.140. The van der Waals surface area contributed by atoms with Crippen molar-refractivity contribution in [2.75, 3.05) is 7.05 Å². The van der Waals surface area contributed by atoms with E-state index in [0.29, 0.717) is 0 Å². The summed E-state index contributed by atoms with van der Waals surface area (Å²) in [5.74, 6) is -1.24. The van der Waals surface area contributed by atoms with Crippen molar-refractivity contribution in [1.82, 2.24) is 10.4 Å². The van der Waals surface area contributed by atoms with Gasteiger partial charge in [-0.25, -0.2) is 5.01 Å². The van der Waals surface area contributed by atoms with Crippen LogP contribution in [-0.2, 0) is 4.79 Å². The molecule has 2 N–H and O–H groups in total. The fraction of sp³-hybridized carbons (Fsp3) is 0.625. The number of carbonyl (C=O) groups is 1. The Labute approximate surface area is 71.8 Å². The second-order valence-corrected chi connectivity index (χ2v) is 3.15. The first-order valence-electron chi connectivity index (χ1n) is 3.96. The number of hydrogen-bond acceptors (Lipinski definition) is 3. The van der Waals surface area contributed by atoms with Crippen molar-refractivity contribution in [1.29, 1.82) is 0 Å². The van der Waals surface area contributed by atoms with Gasteiger partial charge in [-0.05, 0) is 19.9 Å². The van der Waals surface area contributed by atoms with Gasteiger partial charge in [0.2, 0.25) is 0 Å². The van der Waals surface area contributed by atoms with Crippen molar-refractivity contribution in [2.24, 2.45) is 5.92 Å². The highest BCUT2D eigenvalue weighted by atomic mass is 16.4. The number of nitrogens with zero attached hydrogens (tertiary/aromatic N) is 1. The molecule has 1 heterocycles. The Kier molecular flexibility index (Phi) is 2.38. The normalized spacial score (nSPS) is 26.2. The Morgan fingerprint density at radius 2 is 2.42 bits per heavy atom. The molecular weight excluding hydrogens is 156 g/mol. The van der Waals surface area contributed by atoms with E-state index >= 15 is 0 Å². The fourth-order valence-electron chi connectivity index (χ4n) is 1.09. The number of aliphatic carboxylic acids is 1. The first kappa shape index (κ1) is 9.06. The van der Waals surface area contributed by atoms with Gasteiger partial charge in [0, 0.05) is 18.8 Å². The Hall–Kier alpha value is -1.03. The minimum absolute atomic E-state index is 0.266. The minimum atomic E-state index is -0.795. The molecule has 2 atom stereocenters. The van der Waals surface area contributed by atoms with Crippen molar-refractivity contribution >= 4 is 5.97 Å². The Morgan fingerprint density at radius 1 is 1.83 bits per heavy atom. The molecule has 0 saturated heterocycles. The summed E-state index contributed by atoms with van der Waals surface area (Å²) in [4.78, 5) is 10.6. The van der Waals surface area contributed by atoms with Crippen molar-refractivity contribution in [3.05, 3.63) is 11.8 Å². The molecular formula is C8H14N2O2. The molecule has 0 saturated carbocycles. The van der Waals surface area contributed by atoms with E-state index in [1.54, 1.807) is 6.92 Å². The van der Waals surface area contributed by atoms with Crippen LogP contribution < -0.4 is 5.43 Å².